The van der Waals surface area contributed by atoms with E-state index in [2.05, 4.69) is 10.0 Å². The maximum absolute atomic E-state index is 12.8. The molecule has 0 aliphatic rings. The van der Waals surface area contributed by atoms with Gasteiger partial charge in [-0.25, -0.2) is 8.42 Å². The largest absolute Gasteiger partial charge is 0.484 e. The minimum Gasteiger partial charge on any atom is -0.484 e. The zero-order valence-corrected chi connectivity index (χ0v) is 18.8. The summed E-state index contributed by atoms with van der Waals surface area (Å²) in [5.41, 5.74) is -0.987. The van der Waals surface area contributed by atoms with Gasteiger partial charge in [0.2, 0.25) is 0 Å². The molecule has 0 aliphatic heterocycles. The molecule has 0 bridgehead atoms. The Morgan fingerprint density at radius 1 is 0.939 bits per heavy atom. The maximum atomic E-state index is 12.8. The standard InChI is InChI=1S/C21H15Cl2F3N2O4S/c22-17-5-2-6-18(23)20(17)27-19(29)12-32-15-7-9-16(10-8-15)33(30,31)28-14-4-1-3-13(11-14)21(24,25)26/h1-11,28H,12H2,(H,27,29). The van der Waals surface area contributed by atoms with Crippen molar-refractivity contribution in [2.24, 2.45) is 0 Å². The van der Waals surface area contributed by atoms with E-state index in [1.807, 2.05) is 0 Å². The number of nitrogens with one attached hydrogen (secondary N) is 2. The number of benzene rings is 3. The molecule has 0 aliphatic carbocycles. The number of carbonyl (C=O) groups is 1. The fourth-order valence-electron chi connectivity index (χ4n) is 2.63. The minimum atomic E-state index is -4.61. The van der Waals surface area contributed by atoms with E-state index >= 15 is 0 Å². The topological polar surface area (TPSA) is 84.5 Å². The first-order valence-corrected chi connectivity index (χ1v) is 11.4. The van der Waals surface area contributed by atoms with Crippen LogP contribution in [-0.4, -0.2) is 20.9 Å². The Morgan fingerprint density at radius 2 is 1.55 bits per heavy atom. The van der Waals surface area contributed by atoms with E-state index in [4.69, 9.17) is 27.9 Å². The number of hydrogen-bond acceptors (Lipinski definition) is 4. The lowest BCUT2D eigenvalue weighted by molar-refractivity contribution is -0.137. The number of amides is 1. The van der Waals surface area contributed by atoms with Crippen molar-refractivity contribution < 1.29 is 31.1 Å². The number of alkyl halides is 3. The number of ether oxygens (including phenoxy) is 1. The van der Waals surface area contributed by atoms with Crippen molar-refractivity contribution in [1.29, 1.82) is 0 Å². The average molecular weight is 519 g/mol. The molecule has 12 heteroatoms. The van der Waals surface area contributed by atoms with Gasteiger partial charge in [-0.15, -0.1) is 0 Å². The normalized spacial score (nSPS) is 11.7. The van der Waals surface area contributed by atoms with Gasteiger partial charge in [0, 0.05) is 5.69 Å². The van der Waals surface area contributed by atoms with Crippen LogP contribution in [0.4, 0.5) is 24.5 Å². The Bertz CT molecular complexity index is 1250. The molecule has 0 atom stereocenters. The van der Waals surface area contributed by atoms with Crippen LogP contribution in [0.5, 0.6) is 5.75 Å². The Labute approximate surface area is 197 Å². The van der Waals surface area contributed by atoms with Crippen LogP contribution in [0.3, 0.4) is 0 Å². The monoisotopic (exact) mass is 518 g/mol. The van der Waals surface area contributed by atoms with Gasteiger partial charge in [-0.3, -0.25) is 9.52 Å². The third-order valence-corrected chi connectivity index (χ3v) is 6.20. The van der Waals surface area contributed by atoms with Gasteiger partial charge in [0.1, 0.15) is 5.75 Å². The minimum absolute atomic E-state index is 0.188. The molecule has 2 N–H and O–H groups in total. The molecule has 1 amide bonds. The van der Waals surface area contributed by atoms with Crippen molar-refractivity contribution in [3.05, 3.63) is 82.3 Å². The van der Waals surface area contributed by atoms with E-state index in [1.54, 1.807) is 18.2 Å². The number of rotatable bonds is 7. The van der Waals surface area contributed by atoms with E-state index in [0.717, 1.165) is 12.1 Å². The number of hydrogen-bond donors (Lipinski definition) is 2. The lowest BCUT2D eigenvalue weighted by Crippen LogP contribution is -2.20. The molecule has 0 unspecified atom stereocenters. The highest BCUT2D eigenvalue weighted by Crippen LogP contribution is 2.32. The van der Waals surface area contributed by atoms with Gasteiger partial charge in [-0.1, -0.05) is 35.3 Å². The first kappa shape index (κ1) is 24.7. The Balaban J connectivity index is 1.63. The average Bonchev–Trinajstić information content (AvgIpc) is 2.74. The SMILES string of the molecule is O=C(COc1ccc(S(=O)(=O)Nc2cccc(C(F)(F)F)c2)cc1)Nc1c(Cl)cccc1Cl. The number of sulfonamides is 1. The summed E-state index contributed by atoms with van der Waals surface area (Å²) < 4.78 is 70.9. The molecule has 0 spiro atoms. The van der Waals surface area contributed by atoms with Gasteiger partial charge in [-0.2, -0.15) is 13.2 Å². The Morgan fingerprint density at radius 3 is 2.15 bits per heavy atom. The molecular weight excluding hydrogens is 504 g/mol. The molecule has 6 nitrogen and oxygen atoms in total. The maximum Gasteiger partial charge on any atom is 0.416 e. The zero-order valence-electron chi connectivity index (χ0n) is 16.5. The first-order chi connectivity index (χ1) is 15.5. The second kappa shape index (κ2) is 9.90. The highest BCUT2D eigenvalue weighted by Gasteiger charge is 2.30. The van der Waals surface area contributed by atoms with Crippen molar-refractivity contribution in [2.75, 3.05) is 16.6 Å². The van der Waals surface area contributed by atoms with E-state index in [-0.39, 0.29) is 32.1 Å². The molecule has 0 heterocycles. The van der Waals surface area contributed by atoms with E-state index in [1.165, 1.54) is 30.3 Å². The lowest BCUT2D eigenvalue weighted by atomic mass is 10.2. The molecule has 0 aromatic heterocycles. The Hall–Kier alpha value is -2.95. The summed E-state index contributed by atoms with van der Waals surface area (Å²) in [6, 6.07) is 13.5. The van der Waals surface area contributed by atoms with Crippen LogP contribution in [0.1, 0.15) is 5.56 Å². The summed E-state index contributed by atoms with van der Waals surface area (Å²) in [5.74, 6) is -0.360. The van der Waals surface area contributed by atoms with Crippen LogP contribution in [0.15, 0.2) is 71.6 Å². The highest BCUT2D eigenvalue weighted by atomic mass is 35.5. The van der Waals surface area contributed by atoms with Crippen LogP contribution >= 0.6 is 23.2 Å². The summed E-state index contributed by atoms with van der Waals surface area (Å²) in [6.45, 7) is -0.407. The van der Waals surface area contributed by atoms with Crippen molar-refractivity contribution in [1.82, 2.24) is 0 Å². The fraction of sp³-hybridized carbons (Fsp3) is 0.0952. The summed E-state index contributed by atoms with van der Waals surface area (Å²) in [6.07, 6.45) is -4.61. The van der Waals surface area contributed by atoms with Crippen LogP contribution in [0, 0.1) is 0 Å². The quantitative estimate of drug-likeness (QED) is 0.412. The van der Waals surface area contributed by atoms with Gasteiger partial charge in [-0.05, 0) is 54.6 Å². The molecule has 3 aromatic rings. The van der Waals surface area contributed by atoms with E-state index in [9.17, 15) is 26.4 Å². The first-order valence-electron chi connectivity index (χ1n) is 9.12. The summed E-state index contributed by atoms with van der Waals surface area (Å²) in [5, 5.41) is 3.01. The van der Waals surface area contributed by atoms with Crippen LogP contribution in [0.25, 0.3) is 0 Å². The van der Waals surface area contributed by atoms with Crippen LogP contribution in [-0.2, 0) is 21.0 Å². The number of carbonyl (C=O) groups excluding carboxylic acids is 1. The highest BCUT2D eigenvalue weighted by molar-refractivity contribution is 7.92. The molecule has 33 heavy (non-hydrogen) atoms. The van der Waals surface area contributed by atoms with E-state index < -0.39 is 34.3 Å². The number of halogens is 5. The van der Waals surface area contributed by atoms with Crippen molar-refractivity contribution in [2.45, 2.75) is 11.1 Å². The van der Waals surface area contributed by atoms with Crippen molar-refractivity contribution in [3.63, 3.8) is 0 Å². The molecule has 0 saturated carbocycles. The molecule has 3 rings (SSSR count). The second-order valence-electron chi connectivity index (χ2n) is 6.59. The third kappa shape index (κ3) is 6.53. The summed E-state index contributed by atoms with van der Waals surface area (Å²) in [4.78, 5) is 11.9. The summed E-state index contributed by atoms with van der Waals surface area (Å²) in [7, 11) is -4.16. The molecule has 174 valence electrons. The second-order valence-corrected chi connectivity index (χ2v) is 9.09. The smallest absolute Gasteiger partial charge is 0.416 e. The molecule has 3 aromatic carbocycles. The molecule has 0 saturated heterocycles. The van der Waals surface area contributed by atoms with Crippen LogP contribution in [0.2, 0.25) is 10.0 Å². The van der Waals surface area contributed by atoms with Crippen molar-refractivity contribution in [3.8, 4) is 5.75 Å². The van der Waals surface area contributed by atoms with Gasteiger partial charge in [0.05, 0.1) is 26.2 Å². The van der Waals surface area contributed by atoms with Gasteiger partial charge in [0.15, 0.2) is 6.61 Å². The molecular formula is C21H15Cl2F3N2O4S. The third-order valence-electron chi connectivity index (χ3n) is 4.17. The van der Waals surface area contributed by atoms with Crippen molar-refractivity contribution >= 4 is 50.5 Å². The number of para-hydroxylation sites is 1. The predicted molar refractivity (Wildman–Crippen MR) is 119 cm³/mol. The van der Waals surface area contributed by atoms with Gasteiger partial charge < -0.3 is 10.1 Å². The molecule has 0 fully saturated rings. The lowest BCUT2D eigenvalue weighted by Gasteiger charge is -2.12. The van der Waals surface area contributed by atoms with Gasteiger partial charge in [0.25, 0.3) is 15.9 Å². The predicted octanol–water partition coefficient (Wildman–Crippen LogP) is 5.83. The fourth-order valence-corrected chi connectivity index (χ4v) is 4.17. The van der Waals surface area contributed by atoms with Gasteiger partial charge >= 0.3 is 6.18 Å². The summed E-state index contributed by atoms with van der Waals surface area (Å²) >= 11 is 12.0. The molecule has 0 radical (unpaired) electrons. The van der Waals surface area contributed by atoms with E-state index in [0.29, 0.717) is 6.07 Å². The van der Waals surface area contributed by atoms with Crippen LogP contribution < -0.4 is 14.8 Å². The number of anilines is 2. The zero-order chi connectivity index (χ0) is 24.2. The Kier molecular flexibility index (Phi) is 7.41.